The Hall–Kier alpha value is -3.26. The summed E-state index contributed by atoms with van der Waals surface area (Å²) in [6, 6.07) is 12.5. The smallest absolute Gasteiger partial charge is 0.203 e. The van der Waals surface area contributed by atoms with Crippen LogP contribution in [0.2, 0.25) is 0 Å². The lowest BCUT2D eigenvalue weighted by Gasteiger charge is -2.16. The molecule has 148 valence electrons. The van der Waals surface area contributed by atoms with Crippen LogP contribution in [0.15, 0.2) is 48.8 Å². The molecule has 0 radical (unpaired) electrons. The fourth-order valence-corrected chi connectivity index (χ4v) is 4.18. The minimum atomic E-state index is 0.457. The monoisotopic (exact) mass is 388 g/mol. The molecule has 0 spiro atoms. The Morgan fingerprint density at radius 1 is 1.14 bits per heavy atom. The van der Waals surface area contributed by atoms with Gasteiger partial charge in [-0.3, -0.25) is 9.58 Å². The maximum atomic E-state index is 5.90. The summed E-state index contributed by atoms with van der Waals surface area (Å²) in [5, 5.41) is 15.4. The predicted molar refractivity (Wildman–Crippen MR) is 111 cm³/mol. The molecule has 1 aliphatic rings. The van der Waals surface area contributed by atoms with Gasteiger partial charge >= 0.3 is 0 Å². The number of pyridine rings is 1. The van der Waals surface area contributed by atoms with Crippen LogP contribution in [0.4, 0.5) is 5.82 Å². The number of likely N-dealkylation sites (tertiary alicyclic amines) is 1. The third kappa shape index (κ3) is 3.97. The van der Waals surface area contributed by atoms with E-state index in [0.717, 1.165) is 42.8 Å². The normalized spacial score (nSPS) is 17.3. The first-order valence-electron chi connectivity index (χ1n) is 9.96. The molecule has 0 saturated carbocycles. The van der Waals surface area contributed by atoms with E-state index < -0.39 is 0 Å². The van der Waals surface area contributed by atoms with Gasteiger partial charge in [-0.15, -0.1) is 5.10 Å². The van der Waals surface area contributed by atoms with Gasteiger partial charge in [-0.1, -0.05) is 30.3 Å². The zero-order valence-electron chi connectivity index (χ0n) is 16.2. The number of nitrogens with two attached hydrogens (primary N) is 1. The highest BCUT2D eigenvalue weighted by Gasteiger charge is 2.23. The van der Waals surface area contributed by atoms with Crippen molar-refractivity contribution < 1.29 is 0 Å². The van der Waals surface area contributed by atoms with Gasteiger partial charge in [0, 0.05) is 32.3 Å². The fraction of sp³-hybridized carbons (Fsp3) is 0.333. The van der Waals surface area contributed by atoms with Crippen LogP contribution in [0.25, 0.3) is 11.2 Å². The number of anilines is 1. The van der Waals surface area contributed by atoms with Crippen LogP contribution in [-0.2, 0) is 19.5 Å². The summed E-state index contributed by atoms with van der Waals surface area (Å²) in [5.41, 5.74) is 10.7. The number of hydrogen-bond acceptors (Lipinski definition) is 6. The summed E-state index contributed by atoms with van der Waals surface area (Å²) in [6.07, 6.45) is 5.98. The summed E-state index contributed by atoms with van der Waals surface area (Å²) in [7, 11) is 0. The van der Waals surface area contributed by atoms with E-state index in [2.05, 4.69) is 71.6 Å². The largest absolute Gasteiger partial charge is 0.384 e. The Morgan fingerprint density at radius 3 is 2.93 bits per heavy atom. The molecule has 29 heavy (non-hydrogen) atoms. The van der Waals surface area contributed by atoms with Crippen molar-refractivity contribution in [2.45, 2.75) is 25.9 Å². The summed E-state index contributed by atoms with van der Waals surface area (Å²) >= 11 is 0. The molecular weight excluding hydrogens is 364 g/mol. The average molecular weight is 388 g/mol. The van der Waals surface area contributed by atoms with E-state index in [1.54, 1.807) is 0 Å². The molecule has 0 bridgehead atoms. The van der Waals surface area contributed by atoms with Crippen LogP contribution in [0.3, 0.4) is 0 Å². The Bertz CT molecular complexity index is 1100. The lowest BCUT2D eigenvalue weighted by Crippen LogP contribution is -2.21. The summed E-state index contributed by atoms with van der Waals surface area (Å²) in [6.45, 7) is 4.24. The van der Waals surface area contributed by atoms with E-state index in [-0.39, 0.29) is 0 Å². The number of nitrogen functional groups attached to an aromatic ring is 1. The van der Waals surface area contributed by atoms with Gasteiger partial charge < -0.3 is 5.73 Å². The van der Waals surface area contributed by atoms with E-state index in [1.807, 2.05) is 12.3 Å². The van der Waals surface area contributed by atoms with Crippen molar-refractivity contribution in [3.05, 3.63) is 65.5 Å². The number of H-pyrrole nitrogens is 1. The molecule has 3 aromatic heterocycles. The molecule has 4 aromatic rings. The van der Waals surface area contributed by atoms with E-state index >= 15 is 0 Å². The van der Waals surface area contributed by atoms with Crippen molar-refractivity contribution in [3.8, 4) is 0 Å². The fourth-order valence-electron chi connectivity index (χ4n) is 4.18. The van der Waals surface area contributed by atoms with Crippen molar-refractivity contribution in [2.75, 3.05) is 18.8 Å². The summed E-state index contributed by atoms with van der Waals surface area (Å²) in [4.78, 5) is 6.73. The second kappa shape index (κ2) is 7.63. The SMILES string of the molecule is Nc1cc(Cc2cnn(CC3CCN(Cc4ccccc4)C3)c2)c2n[nH]nc2n1. The number of benzene rings is 1. The number of aromatic amines is 1. The Morgan fingerprint density at radius 2 is 2.03 bits per heavy atom. The summed E-state index contributed by atoms with van der Waals surface area (Å²) in [5.74, 6) is 1.09. The minimum Gasteiger partial charge on any atom is -0.384 e. The van der Waals surface area contributed by atoms with Crippen LogP contribution >= 0.6 is 0 Å². The van der Waals surface area contributed by atoms with Gasteiger partial charge in [0.05, 0.1) is 6.20 Å². The van der Waals surface area contributed by atoms with Crippen LogP contribution in [0.5, 0.6) is 0 Å². The number of nitrogens with zero attached hydrogens (tertiary/aromatic N) is 6. The van der Waals surface area contributed by atoms with Crippen LogP contribution in [-0.4, -0.2) is 48.2 Å². The van der Waals surface area contributed by atoms with E-state index in [9.17, 15) is 0 Å². The quantitative estimate of drug-likeness (QED) is 0.525. The van der Waals surface area contributed by atoms with Gasteiger partial charge in [0.1, 0.15) is 11.3 Å². The lowest BCUT2D eigenvalue weighted by molar-refractivity contribution is 0.306. The molecule has 0 amide bonds. The van der Waals surface area contributed by atoms with Crippen molar-refractivity contribution in [1.29, 1.82) is 0 Å². The van der Waals surface area contributed by atoms with Crippen molar-refractivity contribution in [2.24, 2.45) is 5.92 Å². The number of rotatable bonds is 6. The average Bonchev–Trinajstić information content (AvgIpc) is 3.45. The van der Waals surface area contributed by atoms with Gasteiger partial charge in [-0.25, -0.2) is 4.98 Å². The van der Waals surface area contributed by atoms with E-state index in [4.69, 9.17) is 5.73 Å². The van der Waals surface area contributed by atoms with Crippen LogP contribution < -0.4 is 5.73 Å². The second-order valence-corrected chi connectivity index (χ2v) is 7.82. The van der Waals surface area contributed by atoms with Crippen molar-refractivity contribution in [3.63, 3.8) is 0 Å². The number of nitrogens with one attached hydrogen (secondary N) is 1. The molecule has 5 rings (SSSR count). The first-order valence-corrected chi connectivity index (χ1v) is 9.96. The van der Waals surface area contributed by atoms with Gasteiger partial charge in [0.25, 0.3) is 0 Å². The molecule has 1 atom stereocenters. The Labute approximate surface area is 168 Å². The molecule has 1 aromatic carbocycles. The molecule has 1 fully saturated rings. The van der Waals surface area contributed by atoms with Gasteiger partial charge in [0.2, 0.25) is 5.65 Å². The van der Waals surface area contributed by atoms with Gasteiger partial charge in [-0.05, 0) is 41.6 Å². The van der Waals surface area contributed by atoms with E-state index in [0.29, 0.717) is 23.8 Å². The number of hydrogen-bond donors (Lipinski definition) is 2. The number of aromatic nitrogens is 6. The molecule has 0 aliphatic carbocycles. The lowest BCUT2D eigenvalue weighted by atomic mass is 10.1. The maximum Gasteiger partial charge on any atom is 0.203 e. The number of fused-ring (bicyclic) bond motifs is 1. The second-order valence-electron chi connectivity index (χ2n) is 7.82. The van der Waals surface area contributed by atoms with Gasteiger partial charge in [-0.2, -0.15) is 15.4 Å². The van der Waals surface area contributed by atoms with E-state index in [1.165, 1.54) is 12.0 Å². The predicted octanol–water partition coefficient (Wildman–Crippen LogP) is 2.24. The molecule has 1 unspecified atom stereocenters. The topological polar surface area (TPSA) is 102 Å². The minimum absolute atomic E-state index is 0.457. The molecular formula is C21H24N8. The molecule has 3 N–H and O–H groups in total. The third-order valence-electron chi connectivity index (χ3n) is 5.54. The zero-order valence-corrected chi connectivity index (χ0v) is 16.2. The molecule has 1 saturated heterocycles. The highest BCUT2D eigenvalue weighted by Crippen LogP contribution is 2.22. The van der Waals surface area contributed by atoms with Crippen LogP contribution in [0, 0.1) is 5.92 Å². The maximum absolute atomic E-state index is 5.90. The molecule has 8 heteroatoms. The first-order chi connectivity index (χ1) is 14.2. The zero-order chi connectivity index (χ0) is 19.6. The highest BCUT2D eigenvalue weighted by molar-refractivity contribution is 5.76. The Kier molecular flexibility index (Phi) is 4.69. The Balaban J connectivity index is 1.21. The van der Waals surface area contributed by atoms with Crippen LogP contribution in [0.1, 0.15) is 23.1 Å². The summed E-state index contributed by atoms with van der Waals surface area (Å²) < 4.78 is 2.07. The highest BCUT2D eigenvalue weighted by atomic mass is 15.3. The standard InChI is InChI=1S/C21H24N8/c22-19-9-18(20-21(24-19)26-27-25-20)8-17-10-23-29(14-17)13-16-6-7-28(12-16)11-15-4-2-1-3-5-15/h1-5,9-10,14,16H,6-8,11-13H2,(H3,22,24,25,26,27). The third-order valence-corrected chi connectivity index (χ3v) is 5.54. The first kappa shape index (κ1) is 17.8. The molecule has 8 nitrogen and oxygen atoms in total. The van der Waals surface area contributed by atoms with Crippen molar-refractivity contribution in [1.82, 2.24) is 35.1 Å². The van der Waals surface area contributed by atoms with Crippen molar-refractivity contribution >= 4 is 17.0 Å². The molecule has 1 aliphatic heterocycles. The van der Waals surface area contributed by atoms with Gasteiger partial charge in [0.15, 0.2) is 0 Å². The molecule has 4 heterocycles.